The Morgan fingerprint density at radius 2 is 2.16 bits per heavy atom. The van der Waals surface area contributed by atoms with E-state index in [9.17, 15) is 0 Å². The van der Waals surface area contributed by atoms with Crippen molar-refractivity contribution in [2.45, 2.75) is 39.3 Å². The Morgan fingerprint density at radius 1 is 1.37 bits per heavy atom. The predicted octanol–water partition coefficient (Wildman–Crippen LogP) is 2.04. The molecular formula is C14H23N5. The third-order valence-electron chi connectivity index (χ3n) is 3.11. The first-order valence-electron chi connectivity index (χ1n) is 6.66. The summed E-state index contributed by atoms with van der Waals surface area (Å²) in [5, 5.41) is 11.7. The highest BCUT2D eigenvalue weighted by Gasteiger charge is 2.17. The number of hydrogen-bond acceptors (Lipinski definition) is 3. The number of hydrogen-bond donors (Lipinski definition) is 1. The molecule has 0 saturated heterocycles. The summed E-state index contributed by atoms with van der Waals surface area (Å²) in [6.07, 6.45) is 3.80. The van der Waals surface area contributed by atoms with E-state index in [4.69, 9.17) is 0 Å². The Kier molecular flexibility index (Phi) is 4.04. The van der Waals surface area contributed by atoms with Crippen LogP contribution in [-0.2, 0) is 18.5 Å². The van der Waals surface area contributed by atoms with Crippen LogP contribution in [0.15, 0.2) is 24.5 Å². The molecule has 5 nitrogen and oxygen atoms in total. The first kappa shape index (κ1) is 13.8. The van der Waals surface area contributed by atoms with Gasteiger partial charge >= 0.3 is 0 Å². The molecule has 0 saturated carbocycles. The zero-order valence-corrected chi connectivity index (χ0v) is 12.2. The van der Waals surface area contributed by atoms with Crippen molar-refractivity contribution in [2.24, 2.45) is 0 Å². The lowest BCUT2D eigenvalue weighted by molar-refractivity contribution is 0.302. The van der Waals surface area contributed by atoms with E-state index < -0.39 is 0 Å². The van der Waals surface area contributed by atoms with Gasteiger partial charge in [-0.1, -0.05) is 20.8 Å². The molecule has 2 aromatic heterocycles. The smallest absolute Gasteiger partial charge is 0.0678 e. The average molecular weight is 261 g/mol. The molecule has 0 atom stereocenters. The maximum atomic E-state index is 4.38. The van der Waals surface area contributed by atoms with Gasteiger partial charge in [-0.3, -0.25) is 14.7 Å². The standard InChI is InChI=1S/C14H23N5/c1-14(2,3)13-10-12(16-17-13)11-18(4)8-9-19-7-5-6-15-19/h5-7,10H,8-9,11H2,1-4H3,(H,16,17). The monoisotopic (exact) mass is 261 g/mol. The lowest BCUT2D eigenvalue weighted by Gasteiger charge is -2.15. The summed E-state index contributed by atoms with van der Waals surface area (Å²) in [6, 6.07) is 4.11. The minimum Gasteiger partial charge on any atom is -0.299 e. The van der Waals surface area contributed by atoms with Gasteiger partial charge in [0.2, 0.25) is 0 Å². The van der Waals surface area contributed by atoms with Crippen LogP contribution in [-0.4, -0.2) is 38.5 Å². The second-order valence-corrected chi connectivity index (χ2v) is 6.04. The fraction of sp³-hybridized carbons (Fsp3) is 0.571. The van der Waals surface area contributed by atoms with Crippen molar-refractivity contribution in [1.82, 2.24) is 24.9 Å². The maximum absolute atomic E-state index is 4.38. The number of likely N-dealkylation sites (N-methyl/N-ethyl adjacent to an activating group) is 1. The van der Waals surface area contributed by atoms with Gasteiger partial charge in [0.1, 0.15) is 0 Å². The SMILES string of the molecule is CN(CCn1cccn1)Cc1cc(C(C)(C)C)n[nH]1. The Bertz CT molecular complexity index is 492. The molecule has 1 N–H and O–H groups in total. The molecule has 2 rings (SSSR count). The summed E-state index contributed by atoms with van der Waals surface area (Å²) in [4.78, 5) is 2.27. The first-order chi connectivity index (χ1) is 8.95. The fourth-order valence-electron chi connectivity index (χ4n) is 1.90. The topological polar surface area (TPSA) is 49.7 Å². The highest BCUT2D eigenvalue weighted by Crippen LogP contribution is 2.20. The third kappa shape index (κ3) is 3.92. The Hall–Kier alpha value is -1.62. The molecular weight excluding hydrogens is 238 g/mol. The summed E-state index contributed by atoms with van der Waals surface area (Å²) in [6.45, 7) is 9.27. The number of nitrogens with one attached hydrogen (secondary N) is 1. The van der Waals surface area contributed by atoms with Gasteiger partial charge in [0.25, 0.3) is 0 Å². The van der Waals surface area contributed by atoms with Gasteiger partial charge in [0, 0.05) is 36.6 Å². The number of rotatable bonds is 5. The number of H-pyrrole nitrogens is 1. The van der Waals surface area contributed by atoms with Crippen molar-refractivity contribution >= 4 is 0 Å². The quantitative estimate of drug-likeness (QED) is 0.896. The minimum absolute atomic E-state index is 0.0996. The van der Waals surface area contributed by atoms with E-state index >= 15 is 0 Å². The molecule has 0 fully saturated rings. The van der Waals surface area contributed by atoms with Crippen LogP contribution >= 0.6 is 0 Å². The molecule has 2 heterocycles. The van der Waals surface area contributed by atoms with Crippen molar-refractivity contribution in [3.05, 3.63) is 35.9 Å². The van der Waals surface area contributed by atoms with Crippen molar-refractivity contribution in [1.29, 1.82) is 0 Å². The second kappa shape index (κ2) is 5.57. The summed E-state index contributed by atoms with van der Waals surface area (Å²) < 4.78 is 1.95. The molecule has 0 aliphatic heterocycles. The Balaban J connectivity index is 1.85. The number of nitrogens with zero attached hydrogens (tertiary/aromatic N) is 4. The second-order valence-electron chi connectivity index (χ2n) is 6.04. The molecule has 0 aromatic carbocycles. The van der Waals surface area contributed by atoms with E-state index in [-0.39, 0.29) is 5.41 Å². The van der Waals surface area contributed by atoms with Crippen LogP contribution in [0.4, 0.5) is 0 Å². The lowest BCUT2D eigenvalue weighted by atomic mass is 9.92. The van der Waals surface area contributed by atoms with Crippen molar-refractivity contribution in [3.8, 4) is 0 Å². The molecule has 0 amide bonds. The molecule has 0 spiro atoms. The van der Waals surface area contributed by atoms with Gasteiger partial charge in [-0.25, -0.2) is 0 Å². The van der Waals surface area contributed by atoms with Crippen LogP contribution < -0.4 is 0 Å². The van der Waals surface area contributed by atoms with Crippen LogP contribution in [0.3, 0.4) is 0 Å². The van der Waals surface area contributed by atoms with Crippen LogP contribution in [0.25, 0.3) is 0 Å². The fourth-order valence-corrected chi connectivity index (χ4v) is 1.90. The molecule has 5 heteroatoms. The Labute approximate surface area is 114 Å². The van der Waals surface area contributed by atoms with Gasteiger partial charge in [-0.2, -0.15) is 10.2 Å². The largest absolute Gasteiger partial charge is 0.299 e. The zero-order chi connectivity index (χ0) is 13.9. The molecule has 0 bridgehead atoms. The normalized spacial score (nSPS) is 12.3. The first-order valence-corrected chi connectivity index (χ1v) is 6.66. The minimum atomic E-state index is 0.0996. The zero-order valence-electron chi connectivity index (χ0n) is 12.2. The molecule has 2 aromatic rings. The van der Waals surface area contributed by atoms with Gasteiger partial charge < -0.3 is 0 Å². The van der Waals surface area contributed by atoms with Crippen LogP contribution in [0, 0.1) is 0 Å². The summed E-state index contributed by atoms with van der Waals surface area (Å²) in [5.74, 6) is 0. The molecule has 19 heavy (non-hydrogen) atoms. The van der Waals surface area contributed by atoms with Gasteiger partial charge in [0.15, 0.2) is 0 Å². The van der Waals surface area contributed by atoms with E-state index in [0.29, 0.717) is 0 Å². The van der Waals surface area contributed by atoms with E-state index in [1.807, 2.05) is 23.1 Å². The number of aromatic amines is 1. The lowest BCUT2D eigenvalue weighted by Crippen LogP contribution is -2.23. The van der Waals surface area contributed by atoms with E-state index in [1.54, 1.807) is 0 Å². The highest BCUT2D eigenvalue weighted by molar-refractivity contribution is 5.16. The van der Waals surface area contributed by atoms with Crippen molar-refractivity contribution < 1.29 is 0 Å². The Morgan fingerprint density at radius 3 is 2.74 bits per heavy atom. The molecule has 104 valence electrons. The molecule has 0 aliphatic rings. The van der Waals surface area contributed by atoms with E-state index in [0.717, 1.165) is 31.0 Å². The third-order valence-corrected chi connectivity index (χ3v) is 3.11. The van der Waals surface area contributed by atoms with Crippen LogP contribution in [0.1, 0.15) is 32.2 Å². The molecule has 0 unspecified atom stereocenters. The predicted molar refractivity (Wildman–Crippen MR) is 75.8 cm³/mol. The number of aromatic nitrogens is 4. The van der Waals surface area contributed by atoms with Gasteiger partial charge in [-0.05, 0) is 19.2 Å². The maximum Gasteiger partial charge on any atom is 0.0678 e. The van der Waals surface area contributed by atoms with Gasteiger partial charge in [0.05, 0.1) is 12.2 Å². The van der Waals surface area contributed by atoms with Crippen molar-refractivity contribution in [2.75, 3.05) is 13.6 Å². The van der Waals surface area contributed by atoms with E-state index in [1.165, 1.54) is 0 Å². The van der Waals surface area contributed by atoms with Crippen LogP contribution in [0.2, 0.25) is 0 Å². The van der Waals surface area contributed by atoms with Crippen LogP contribution in [0.5, 0.6) is 0 Å². The van der Waals surface area contributed by atoms with E-state index in [2.05, 4.69) is 54.1 Å². The highest BCUT2D eigenvalue weighted by atomic mass is 15.3. The van der Waals surface area contributed by atoms with Crippen molar-refractivity contribution in [3.63, 3.8) is 0 Å². The summed E-state index contributed by atoms with van der Waals surface area (Å²) >= 11 is 0. The average Bonchev–Trinajstić information content (AvgIpc) is 2.95. The summed E-state index contributed by atoms with van der Waals surface area (Å²) in [7, 11) is 2.11. The molecule has 0 radical (unpaired) electrons. The van der Waals surface area contributed by atoms with Gasteiger partial charge in [-0.15, -0.1) is 0 Å². The molecule has 0 aliphatic carbocycles. The summed E-state index contributed by atoms with van der Waals surface area (Å²) in [5.41, 5.74) is 2.37.